The zero-order chi connectivity index (χ0) is 18.5. The van der Waals surface area contributed by atoms with Crippen molar-refractivity contribution >= 4 is 28.0 Å². The van der Waals surface area contributed by atoms with Crippen molar-refractivity contribution < 1.29 is 9.53 Å². The fourth-order valence-electron chi connectivity index (χ4n) is 3.09. The summed E-state index contributed by atoms with van der Waals surface area (Å²) in [5.41, 5.74) is 1.05. The van der Waals surface area contributed by atoms with E-state index in [1.807, 2.05) is 90.3 Å². The SMILES string of the molecule is O=C(COc1cccc2ccccc12)N[C@H](c1ccccc1)c1cccs1. The van der Waals surface area contributed by atoms with Gasteiger partial charge in [0.25, 0.3) is 5.91 Å². The van der Waals surface area contributed by atoms with Gasteiger partial charge in [-0.2, -0.15) is 0 Å². The lowest BCUT2D eigenvalue weighted by molar-refractivity contribution is -0.123. The van der Waals surface area contributed by atoms with Crippen LogP contribution in [-0.2, 0) is 4.79 Å². The Hall–Kier alpha value is -3.11. The largest absolute Gasteiger partial charge is 0.483 e. The Morgan fingerprint density at radius 2 is 1.67 bits per heavy atom. The summed E-state index contributed by atoms with van der Waals surface area (Å²) in [6.45, 7) is -0.0251. The van der Waals surface area contributed by atoms with Gasteiger partial charge in [0.1, 0.15) is 5.75 Å². The lowest BCUT2D eigenvalue weighted by Crippen LogP contribution is -2.32. The first kappa shape index (κ1) is 17.3. The molecular formula is C23H19NO2S. The molecule has 0 spiro atoms. The molecule has 1 amide bonds. The van der Waals surface area contributed by atoms with Crippen molar-refractivity contribution in [2.24, 2.45) is 0 Å². The van der Waals surface area contributed by atoms with Crippen LogP contribution in [0.4, 0.5) is 0 Å². The van der Waals surface area contributed by atoms with Gasteiger partial charge in [0.15, 0.2) is 6.61 Å². The second-order valence-corrected chi connectivity index (χ2v) is 7.17. The van der Waals surface area contributed by atoms with Gasteiger partial charge in [-0.3, -0.25) is 4.79 Å². The number of rotatable bonds is 6. The number of hydrogen-bond donors (Lipinski definition) is 1. The summed E-state index contributed by atoms with van der Waals surface area (Å²) in [6.07, 6.45) is 0. The Morgan fingerprint density at radius 3 is 2.48 bits per heavy atom. The van der Waals surface area contributed by atoms with Crippen LogP contribution < -0.4 is 10.1 Å². The molecule has 0 unspecified atom stereocenters. The zero-order valence-corrected chi connectivity index (χ0v) is 15.5. The standard InChI is InChI=1S/C23H19NO2S/c25-22(16-26-20-13-6-11-17-8-4-5-12-19(17)20)24-23(21-14-7-15-27-21)18-9-2-1-3-10-18/h1-15,23H,16H2,(H,24,25)/t23-/m1/s1. The number of hydrogen-bond acceptors (Lipinski definition) is 3. The number of nitrogens with one attached hydrogen (secondary N) is 1. The van der Waals surface area contributed by atoms with Crippen LogP contribution in [0.1, 0.15) is 16.5 Å². The van der Waals surface area contributed by atoms with E-state index in [2.05, 4.69) is 5.32 Å². The third-order valence-electron chi connectivity index (χ3n) is 4.37. The maximum absolute atomic E-state index is 12.6. The van der Waals surface area contributed by atoms with Gasteiger partial charge in [-0.15, -0.1) is 11.3 Å². The maximum atomic E-state index is 12.6. The fourth-order valence-corrected chi connectivity index (χ4v) is 3.89. The number of carbonyl (C=O) groups is 1. The molecule has 1 heterocycles. The predicted molar refractivity (Wildman–Crippen MR) is 110 cm³/mol. The molecule has 0 saturated carbocycles. The van der Waals surface area contributed by atoms with Crippen molar-refractivity contribution in [3.63, 3.8) is 0 Å². The summed E-state index contributed by atoms with van der Waals surface area (Å²) in [5, 5.41) is 7.22. The molecule has 0 radical (unpaired) electrons. The Labute approximate surface area is 162 Å². The Balaban J connectivity index is 1.49. The molecule has 1 atom stereocenters. The fraction of sp³-hybridized carbons (Fsp3) is 0.0870. The zero-order valence-electron chi connectivity index (χ0n) is 14.7. The molecule has 3 aromatic carbocycles. The smallest absolute Gasteiger partial charge is 0.258 e. The van der Waals surface area contributed by atoms with Gasteiger partial charge in [-0.1, -0.05) is 72.8 Å². The molecule has 1 N–H and O–H groups in total. The van der Waals surface area contributed by atoms with Crippen LogP contribution in [-0.4, -0.2) is 12.5 Å². The maximum Gasteiger partial charge on any atom is 0.258 e. The highest BCUT2D eigenvalue weighted by Gasteiger charge is 2.18. The molecule has 0 aliphatic rings. The minimum atomic E-state index is -0.171. The van der Waals surface area contributed by atoms with Crippen molar-refractivity contribution in [1.29, 1.82) is 0 Å². The first-order chi connectivity index (χ1) is 13.3. The molecule has 0 fully saturated rings. The van der Waals surface area contributed by atoms with Gasteiger partial charge >= 0.3 is 0 Å². The minimum Gasteiger partial charge on any atom is -0.483 e. The van der Waals surface area contributed by atoms with E-state index in [1.165, 1.54) is 0 Å². The van der Waals surface area contributed by atoms with Crippen molar-refractivity contribution in [1.82, 2.24) is 5.32 Å². The van der Waals surface area contributed by atoms with E-state index in [-0.39, 0.29) is 18.6 Å². The lowest BCUT2D eigenvalue weighted by Gasteiger charge is -2.18. The first-order valence-corrected chi connectivity index (χ1v) is 9.67. The van der Waals surface area contributed by atoms with E-state index in [0.717, 1.165) is 27.0 Å². The second-order valence-electron chi connectivity index (χ2n) is 6.19. The van der Waals surface area contributed by atoms with Crippen LogP contribution >= 0.6 is 11.3 Å². The summed E-state index contributed by atoms with van der Waals surface area (Å²) < 4.78 is 5.83. The summed E-state index contributed by atoms with van der Waals surface area (Å²) >= 11 is 1.63. The Bertz CT molecular complexity index is 1020. The molecule has 0 bridgehead atoms. The normalized spacial score (nSPS) is 11.9. The molecule has 3 nitrogen and oxygen atoms in total. The molecule has 1 aromatic heterocycles. The van der Waals surface area contributed by atoms with Crippen molar-refractivity contribution in [3.05, 3.63) is 101 Å². The van der Waals surface area contributed by atoms with Crippen LogP contribution in [0.25, 0.3) is 10.8 Å². The number of carbonyl (C=O) groups excluding carboxylic acids is 1. The van der Waals surface area contributed by atoms with Crippen LogP contribution in [0.5, 0.6) is 5.75 Å². The molecule has 27 heavy (non-hydrogen) atoms. The number of fused-ring (bicyclic) bond motifs is 1. The highest BCUT2D eigenvalue weighted by molar-refractivity contribution is 7.10. The van der Waals surface area contributed by atoms with Gasteiger partial charge in [0, 0.05) is 10.3 Å². The summed E-state index contributed by atoms with van der Waals surface area (Å²) in [7, 11) is 0. The van der Waals surface area contributed by atoms with E-state index in [1.54, 1.807) is 11.3 Å². The molecule has 0 aliphatic carbocycles. The van der Waals surface area contributed by atoms with E-state index in [0.29, 0.717) is 0 Å². The summed E-state index contributed by atoms with van der Waals surface area (Å²) in [4.78, 5) is 13.7. The highest BCUT2D eigenvalue weighted by Crippen LogP contribution is 2.27. The Morgan fingerprint density at radius 1 is 0.889 bits per heavy atom. The number of ether oxygens (including phenoxy) is 1. The van der Waals surface area contributed by atoms with Gasteiger partial charge < -0.3 is 10.1 Å². The minimum absolute atomic E-state index is 0.0251. The molecule has 4 rings (SSSR count). The van der Waals surface area contributed by atoms with Gasteiger partial charge in [0.05, 0.1) is 6.04 Å². The number of amides is 1. The third-order valence-corrected chi connectivity index (χ3v) is 5.31. The molecule has 0 saturated heterocycles. The summed E-state index contributed by atoms with van der Waals surface area (Å²) in [5.74, 6) is 0.570. The first-order valence-electron chi connectivity index (χ1n) is 8.79. The van der Waals surface area contributed by atoms with E-state index in [4.69, 9.17) is 4.74 Å². The summed E-state index contributed by atoms with van der Waals surface area (Å²) in [6, 6.07) is 27.7. The van der Waals surface area contributed by atoms with Gasteiger partial charge in [0.2, 0.25) is 0 Å². The highest BCUT2D eigenvalue weighted by atomic mass is 32.1. The van der Waals surface area contributed by atoms with Crippen LogP contribution in [0.3, 0.4) is 0 Å². The van der Waals surface area contributed by atoms with E-state index >= 15 is 0 Å². The lowest BCUT2D eigenvalue weighted by atomic mass is 10.1. The van der Waals surface area contributed by atoms with E-state index in [9.17, 15) is 4.79 Å². The Kier molecular flexibility index (Phi) is 5.17. The van der Waals surface area contributed by atoms with Gasteiger partial charge in [-0.25, -0.2) is 0 Å². The van der Waals surface area contributed by atoms with Crippen LogP contribution in [0, 0.1) is 0 Å². The predicted octanol–water partition coefficient (Wildman–Crippen LogP) is 5.19. The molecule has 4 aromatic rings. The van der Waals surface area contributed by atoms with Crippen LogP contribution in [0.15, 0.2) is 90.3 Å². The van der Waals surface area contributed by atoms with Crippen molar-refractivity contribution in [3.8, 4) is 5.75 Å². The molecular weight excluding hydrogens is 354 g/mol. The quantitative estimate of drug-likeness (QED) is 0.505. The van der Waals surface area contributed by atoms with Crippen molar-refractivity contribution in [2.75, 3.05) is 6.61 Å². The monoisotopic (exact) mass is 373 g/mol. The average Bonchev–Trinajstić information content (AvgIpc) is 3.25. The topological polar surface area (TPSA) is 38.3 Å². The van der Waals surface area contributed by atoms with E-state index < -0.39 is 0 Å². The molecule has 4 heteroatoms. The number of thiophene rings is 1. The second kappa shape index (κ2) is 8.06. The van der Waals surface area contributed by atoms with Crippen LogP contribution in [0.2, 0.25) is 0 Å². The molecule has 134 valence electrons. The van der Waals surface area contributed by atoms with Crippen molar-refractivity contribution in [2.45, 2.75) is 6.04 Å². The van der Waals surface area contributed by atoms with Gasteiger partial charge in [-0.05, 0) is 28.5 Å². The molecule has 0 aliphatic heterocycles. The number of benzene rings is 3. The third kappa shape index (κ3) is 4.01. The average molecular weight is 373 g/mol.